The van der Waals surface area contributed by atoms with Crippen LogP contribution in [0.3, 0.4) is 0 Å². The molecule has 4 aromatic rings. The molecule has 10 nitrogen and oxygen atoms in total. The monoisotopic (exact) mass is 477 g/mol. The molecule has 5 rings (SSSR count). The van der Waals surface area contributed by atoms with Gasteiger partial charge in [-0.15, -0.1) is 11.3 Å². The third kappa shape index (κ3) is 4.91. The van der Waals surface area contributed by atoms with Crippen molar-refractivity contribution < 1.29 is 4.74 Å². The van der Waals surface area contributed by atoms with Crippen LogP contribution in [0.4, 0.5) is 17.6 Å². The van der Waals surface area contributed by atoms with Crippen LogP contribution in [0.15, 0.2) is 36.8 Å². The average molecular weight is 478 g/mol. The van der Waals surface area contributed by atoms with E-state index in [9.17, 15) is 0 Å². The second kappa shape index (κ2) is 9.84. The van der Waals surface area contributed by atoms with E-state index >= 15 is 0 Å². The Morgan fingerprint density at radius 3 is 2.65 bits per heavy atom. The molecule has 176 valence electrons. The molecule has 0 unspecified atom stereocenters. The number of likely N-dealkylation sites (N-methyl/N-ethyl adjacent to an activating group) is 1. The highest BCUT2D eigenvalue weighted by molar-refractivity contribution is 7.22. The van der Waals surface area contributed by atoms with Crippen molar-refractivity contribution in [3.05, 3.63) is 36.8 Å². The van der Waals surface area contributed by atoms with Gasteiger partial charge in [-0.2, -0.15) is 0 Å². The second-order valence-corrected chi connectivity index (χ2v) is 9.34. The molecule has 1 saturated heterocycles. The Labute approximate surface area is 201 Å². The van der Waals surface area contributed by atoms with Gasteiger partial charge in [0.05, 0.1) is 29.0 Å². The summed E-state index contributed by atoms with van der Waals surface area (Å²) in [5, 5.41) is 3.40. The summed E-state index contributed by atoms with van der Waals surface area (Å²) in [6.07, 6.45) is 5.16. The van der Waals surface area contributed by atoms with Crippen molar-refractivity contribution in [3.63, 3.8) is 0 Å². The Kier molecular flexibility index (Phi) is 6.48. The summed E-state index contributed by atoms with van der Waals surface area (Å²) in [5.74, 6) is 2.58. The second-order valence-electron chi connectivity index (χ2n) is 8.29. The summed E-state index contributed by atoms with van der Waals surface area (Å²) in [6.45, 7) is 4.69. The molecule has 0 saturated carbocycles. The van der Waals surface area contributed by atoms with Gasteiger partial charge < -0.3 is 25.6 Å². The number of nitrogen functional groups attached to an aromatic ring is 1. The number of nitrogens with one attached hydrogen (secondary N) is 1. The average Bonchev–Trinajstić information content (AvgIpc) is 3.29. The number of aromatic nitrogens is 5. The first-order valence-electron chi connectivity index (χ1n) is 11.1. The minimum atomic E-state index is 0.226. The minimum Gasteiger partial charge on any atom is -0.378 e. The van der Waals surface area contributed by atoms with Gasteiger partial charge in [-0.1, -0.05) is 0 Å². The highest BCUT2D eigenvalue weighted by atomic mass is 32.1. The Bertz CT molecular complexity index is 1270. The molecule has 1 aliphatic rings. The molecule has 3 N–H and O–H groups in total. The van der Waals surface area contributed by atoms with Gasteiger partial charge in [0.1, 0.15) is 5.82 Å². The fraction of sp³-hybridized carbons (Fsp3) is 0.348. The van der Waals surface area contributed by atoms with E-state index in [1.165, 1.54) is 0 Å². The summed E-state index contributed by atoms with van der Waals surface area (Å²) in [7, 11) is 4.11. The zero-order valence-corrected chi connectivity index (χ0v) is 20.0. The molecule has 4 aromatic heterocycles. The summed E-state index contributed by atoms with van der Waals surface area (Å²) in [4.78, 5) is 28.0. The van der Waals surface area contributed by atoms with E-state index in [2.05, 4.69) is 56.3 Å². The third-order valence-electron chi connectivity index (χ3n) is 5.50. The zero-order valence-electron chi connectivity index (χ0n) is 19.2. The number of fused-ring (bicyclic) bond motifs is 1. The molecule has 0 atom stereocenters. The van der Waals surface area contributed by atoms with Crippen LogP contribution in [0, 0.1) is 0 Å². The topological polar surface area (TPSA) is 118 Å². The number of pyridine rings is 1. The molecule has 0 spiro atoms. The number of hydrogen-bond donors (Lipinski definition) is 2. The predicted octanol–water partition coefficient (Wildman–Crippen LogP) is 2.60. The first-order chi connectivity index (χ1) is 16.6. The number of thiophene rings is 1. The molecule has 0 aromatic carbocycles. The first-order valence-corrected chi connectivity index (χ1v) is 12.0. The summed E-state index contributed by atoms with van der Waals surface area (Å²) in [6, 6.07) is 6.22. The molecular weight excluding hydrogens is 450 g/mol. The van der Waals surface area contributed by atoms with E-state index in [4.69, 9.17) is 20.4 Å². The first kappa shape index (κ1) is 22.4. The van der Waals surface area contributed by atoms with Crippen LogP contribution < -0.4 is 16.0 Å². The van der Waals surface area contributed by atoms with E-state index in [0.717, 1.165) is 64.0 Å². The number of nitrogens with two attached hydrogens (primary N) is 1. The Morgan fingerprint density at radius 2 is 1.88 bits per heavy atom. The quantitative estimate of drug-likeness (QED) is 0.411. The van der Waals surface area contributed by atoms with Crippen LogP contribution in [0.25, 0.3) is 32.0 Å². The van der Waals surface area contributed by atoms with Gasteiger partial charge in [0.2, 0.25) is 5.95 Å². The van der Waals surface area contributed by atoms with Gasteiger partial charge >= 0.3 is 0 Å². The van der Waals surface area contributed by atoms with Crippen LogP contribution in [0.5, 0.6) is 0 Å². The molecular formula is C23H27N9OS. The number of ether oxygens (including phenoxy) is 1. The van der Waals surface area contributed by atoms with Crippen molar-refractivity contribution in [1.29, 1.82) is 0 Å². The number of morpholine rings is 1. The van der Waals surface area contributed by atoms with Crippen LogP contribution in [-0.2, 0) is 4.74 Å². The van der Waals surface area contributed by atoms with Crippen LogP contribution in [0.2, 0.25) is 0 Å². The molecule has 34 heavy (non-hydrogen) atoms. The van der Waals surface area contributed by atoms with Crippen molar-refractivity contribution >= 4 is 39.1 Å². The lowest BCUT2D eigenvalue weighted by Crippen LogP contribution is -2.36. The highest BCUT2D eigenvalue weighted by Gasteiger charge is 2.21. The lowest BCUT2D eigenvalue weighted by molar-refractivity contribution is 0.122. The molecule has 0 aliphatic carbocycles. The van der Waals surface area contributed by atoms with Crippen molar-refractivity contribution in [2.75, 3.05) is 69.4 Å². The Hall–Kier alpha value is -3.41. The van der Waals surface area contributed by atoms with Gasteiger partial charge in [-0.05, 0) is 37.9 Å². The van der Waals surface area contributed by atoms with Gasteiger partial charge in [0.25, 0.3) is 0 Å². The number of hydrogen-bond acceptors (Lipinski definition) is 11. The van der Waals surface area contributed by atoms with Gasteiger partial charge in [0.15, 0.2) is 11.6 Å². The third-order valence-corrected chi connectivity index (χ3v) is 6.67. The Morgan fingerprint density at radius 1 is 1.09 bits per heavy atom. The van der Waals surface area contributed by atoms with Crippen molar-refractivity contribution in [1.82, 2.24) is 29.8 Å². The van der Waals surface area contributed by atoms with Crippen molar-refractivity contribution in [3.8, 4) is 21.8 Å². The maximum atomic E-state index is 5.67. The largest absolute Gasteiger partial charge is 0.378 e. The molecule has 0 bridgehead atoms. The standard InChI is InChI=1S/C23H27N9OS/c1-31(2)6-5-26-19-11-15(3-4-25-19)18-12-17-20(34-18)22(32-7-9-33-10-8-32)30-21(29-17)16-13-27-23(24)28-14-16/h3-4,11-14H,5-10H2,1-2H3,(H,25,26)(H2,24,27,28). The van der Waals surface area contributed by atoms with Crippen LogP contribution in [-0.4, -0.2) is 83.3 Å². The minimum absolute atomic E-state index is 0.226. The van der Waals surface area contributed by atoms with Crippen LogP contribution >= 0.6 is 11.3 Å². The van der Waals surface area contributed by atoms with Gasteiger partial charge in [-0.3, -0.25) is 0 Å². The lowest BCUT2D eigenvalue weighted by Gasteiger charge is -2.28. The maximum Gasteiger partial charge on any atom is 0.219 e. The van der Waals surface area contributed by atoms with Gasteiger partial charge in [-0.25, -0.2) is 24.9 Å². The van der Waals surface area contributed by atoms with E-state index in [1.54, 1.807) is 23.7 Å². The maximum absolute atomic E-state index is 5.67. The number of nitrogens with zero attached hydrogens (tertiary/aromatic N) is 7. The van der Waals surface area contributed by atoms with Gasteiger partial charge in [0, 0.05) is 49.6 Å². The normalized spacial score (nSPS) is 14.1. The lowest BCUT2D eigenvalue weighted by atomic mass is 10.2. The fourth-order valence-electron chi connectivity index (χ4n) is 3.72. The summed E-state index contributed by atoms with van der Waals surface area (Å²) in [5.41, 5.74) is 8.39. The summed E-state index contributed by atoms with van der Waals surface area (Å²) >= 11 is 1.69. The molecule has 1 aliphatic heterocycles. The number of rotatable bonds is 7. The summed E-state index contributed by atoms with van der Waals surface area (Å²) < 4.78 is 6.62. The molecule has 0 radical (unpaired) electrons. The molecule has 11 heteroatoms. The van der Waals surface area contributed by atoms with E-state index in [0.29, 0.717) is 19.0 Å². The van der Waals surface area contributed by atoms with Crippen molar-refractivity contribution in [2.45, 2.75) is 0 Å². The highest BCUT2D eigenvalue weighted by Crippen LogP contribution is 2.39. The molecule has 1 fully saturated rings. The van der Waals surface area contributed by atoms with E-state index in [-0.39, 0.29) is 5.95 Å². The Balaban J connectivity index is 1.54. The molecule has 5 heterocycles. The zero-order chi connectivity index (χ0) is 23.5. The SMILES string of the molecule is CN(C)CCNc1cc(-c2cc3nc(-c4cnc(N)nc4)nc(N4CCOCC4)c3s2)ccn1. The van der Waals surface area contributed by atoms with E-state index in [1.807, 2.05) is 12.3 Å². The predicted molar refractivity (Wildman–Crippen MR) is 136 cm³/mol. The van der Waals surface area contributed by atoms with E-state index < -0.39 is 0 Å². The fourth-order valence-corrected chi connectivity index (χ4v) is 4.83. The van der Waals surface area contributed by atoms with Crippen LogP contribution in [0.1, 0.15) is 0 Å². The number of anilines is 3. The smallest absolute Gasteiger partial charge is 0.219 e. The molecule has 0 amide bonds. The van der Waals surface area contributed by atoms with Crippen molar-refractivity contribution in [2.24, 2.45) is 0 Å².